The molecule has 38 heavy (non-hydrogen) atoms. The molecule has 4 rings (SSSR count). The third-order valence-corrected chi connectivity index (χ3v) is 6.89. The first-order valence-electron chi connectivity index (χ1n) is 11.1. The van der Waals surface area contributed by atoms with Gasteiger partial charge in [-0.05, 0) is 42.8 Å². The standard InChI is InChI=1S/C26H20ClN3O7S/c1-15(36-19-9-5-4-8-18(19)30(33)34)25(31)29-28-14-16-11-12-20(21(13-16)35-2)37-26(32)24-23(27)17-7-3-6-10-22(17)38-24/h3-15H,1-2H3,(H,29,31). The molecule has 4 aromatic rings. The molecule has 0 saturated carbocycles. The first-order chi connectivity index (χ1) is 18.3. The minimum absolute atomic E-state index is 0.0315. The zero-order chi connectivity index (χ0) is 27.2. The van der Waals surface area contributed by atoms with Crippen LogP contribution in [-0.2, 0) is 4.79 Å². The van der Waals surface area contributed by atoms with Crippen molar-refractivity contribution in [3.63, 3.8) is 0 Å². The lowest BCUT2D eigenvalue weighted by Gasteiger charge is -2.12. The summed E-state index contributed by atoms with van der Waals surface area (Å²) in [5, 5.41) is 16.1. The molecular weight excluding hydrogens is 534 g/mol. The van der Waals surface area contributed by atoms with Crippen molar-refractivity contribution in [3.8, 4) is 17.2 Å². The number of hydrogen-bond acceptors (Lipinski definition) is 9. The van der Waals surface area contributed by atoms with E-state index in [1.807, 2.05) is 24.3 Å². The van der Waals surface area contributed by atoms with Crippen LogP contribution in [-0.4, -0.2) is 36.2 Å². The van der Waals surface area contributed by atoms with E-state index in [0.29, 0.717) is 10.6 Å². The second-order valence-corrected chi connectivity index (χ2v) is 9.19. The minimum atomic E-state index is -1.05. The normalized spacial score (nSPS) is 11.8. The van der Waals surface area contributed by atoms with Crippen molar-refractivity contribution in [1.29, 1.82) is 0 Å². The average molecular weight is 554 g/mol. The molecule has 0 radical (unpaired) electrons. The Morgan fingerprint density at radius 3 is 2.55 bits per heavy atom. The number of carbonyl (C=O) groups is 2. The van der Waals surface area contributed by atoms with Gasteiger partial charge in [-0.25, -0.2) is 10.2 Å². The van der Waals surface area contributed by atoms with Crippen LogP contribution in [0.15, 0.2) is 71.8 Å². The second kappa shape index (κ2) is 11.7. The molecule has 3 aromatic carbocycles. The fraction of sp³-hybridized carbons (Fsp3) is 0.115. The maximum atomic E-state index is 12.8. The van der Waals surface area contributed by atoms with E-state index in [-0.39, 0.29) is 27.8 Å². The number of ether oxygens (including phenoxy) is 3. The van der Waals surface area contributed by atoms with Crippen molar-refractivity contribution in [2.24, 2.45) is 5.10 Å². The van der Waals surface area contributed by atoms with Gasteiger partial charge in [0.2, 0.25) is 0 Å². The second-order valence-electron chi connectivity index (χ2n) is 7.76. The number of methoxy groups -OCH3 is 1. The number of amides is 1. The number of para-hydroxylation sites is 2. The number of rotatable bonds is 9. The average Bonchev–Trinajstić information content (AvgIpc) is 3.26. The molecule has 0 aliphatic carbocycles. The molecule has 0 aliphatic heterocycles. The molecule has 1 amide bonds. The van der Waals surface area contributed by atoms with Gasteiger partial charge in [-0.1, -0.05) is 41.9 Å². The van der Waals surface area contributed by atoms with Crippen LogP contribution in [0.2, 0.25) is 5.02 Å². The molecule has 1 N–H and O–H groups in total. The van der Waals surface area contributed by atoms with E-state index in [1.165, 1.54) is 55.9 Å². The van der Waals surface area contributed by atoms with Gasteiger partial charge in [0.05, 0.1) is 23.3 Å². The van der Waals surface area contributed by atoms with E-state index in [4.69, 9.17) is 25.8 Å². The largest absolute Gasteiger partial charge is 0.493 e. The SMILES string of the molecule is COc1cc(C=NNC(=O)C(C)Oc2ccccc2[N+](=O)[O-])ccc1OC(=O)c1sc2ccccc2c1Cl. The summed E-state index contributed by atoms with van der Waals surface area (Å²) in [6.07, 6.45) is 0.303. The van der Waals surface area contributed by atoms with Gasteiger partial charge in [-0.2, -0.15) is 5.10 Å². The molecule has 1 heterocycles. The minimum Gasteiger partial charge on any atom is -0.493 e. The summed E-state index contributed by atoms with van der Waals surface area (Å²) in [5.41, 5.74) is 2.61. The Morgan fingerprint density at radius 2 is 1.82 bits per heavy atom. The van der Waals surface area contributed by atoms with Gasteiger partial charge in [0.25, 0.3) is 5.91 Å². The molecule has 0 bridgehead atoms. The van der Waals surface area contributed by atoms with Gasteiger partial charge in [0, 0.05) is 16.2 Å². The molecule has 194 valence electrons. The Bertz CT molecular complexity index is 1550. The van der Waals surface area contributed by atoms with Crippen molar-refractivity contribution >= 4 is 56.8 Å². The summed E-state index contributed by atoms with van der Waals surface area (Å²) < 4.78 is 17.2. The summed E-state index contributed by atoms with van der Waals surface area (Å²) in [6.45, 7) is 1.44. The highest BCUT2D eigenvalue weighted by Gasteiger charge is 2.22. The third kappa shape index (κ3) is 5.90. The van der Waals surface area contributed by atoms with E-state index in [1.54, 1.807) is 18.2 Å². The van der Waals surface area contributed by atoms with Crippen molar-refractivity contribution in [2.45, 2.75) is 13.0 Å². The van der Waals surface area contributed by atoms with Gasteiger partial charge in [0.1, 0.15) is 4.88 Å². The quantitative estimate of drug-likeness (QED) is 0.0937. The number of nitrogens with zero attached hydrogens (tertiary/aromatic N) is 2. The lowest BCUT2D eigenvalue weighted by atomic mass is 10.2. The Hall–Kier alpha value is -4.48. The molecular formula is C26H20ClN3O7S. The molecule has 1 atom stereocenters. The molecule has 1 aromatic heterocycles. The number of hydrogen-bond donors (Lipinski definition) is 1. The van der Waals surface area contributed by atoms with Crippen LogP contribution in [0.4, 0.5) is 5.69 Å². The summed E-state index contributed by atoms with van der Waals surface area (Å²) in [7, 11) is 1.42. The fourth-order valence-electron chi connectivity index (χ4n) is 3.35. The van der Waals surface area contributed by atoms with Crippen molar-refractivity contribution in [1.82, 2.24) is 5.43 Å². The Balaban J connectivity index is 1.40. The summed E-state index contributed by atoms with van der Waals surface area (Å²) in [4.78, 5) is 35.9. The number of fused-ring (bicyclic) bond motifs is 1. The summed E-state index contributed by atoms with van der Waals surface area (Å²) in [5.74, 6) is -0.818. The van der Waals surface area contributed by atoms with E-state index in [2.05, 4.69) is 10.5 Å². The van der Waals surface area contributed by atoms with E-state index >= 15 is 0 Å². The molecule has 1 unspecified atom stereocenters. The molecule has 10 nitrogen and oxygen atoms in total. The number of thiophene rings is 1. The van der Waals surface area contributed by atoms with Crippen LogP contribution in [0.3, 0.4) is 0 Å². The molecule has 0 spiro atoms. The highest BCUT2D eigenvalue weighted by atomic mass is 35.5. The van der Waals surface area contributed by atoms with Gasteiger partial charge in [-0.3, -0.25) is 14.9 Å². The van der Waals surface area contributed by atoms with E-state index < -0.39 is 22.9 Å². The number of halogens is 1. The summed E-state index contributed by atoms with van der Waals surface area (Å²) in [6, 6.07) is 17.9. The Morgan fingerprint density at radius 1 is 1.08 bits per heavy atom. The first-order valence-corrected chi connectivity index (χ1v) is 12.3. The van der Waals surface area contributed by atoms with Crippen molar-refractivity contribution < 1.29 is 28.7 Å². The number of nitro benzene ring substituents is 1. The van der Waals surface area contributed by atoms with Crippen LogP contribution in [0.5, 0.6) is 17.2 Å². The third-order valence-electron chi connectivity index (χ3n) is 5.23. The van der Waals surface area contributed by atoms with Gasteiger partial charge < -0.3 is 14.2 Å². The number of carbonyl (C=O) groups excluding carboxylic acids is 2. The number of benzene rings is 3. The predicted molar refractivity (Wildman–Crippen MR) is 144 cm³/mol. The zero-order valence-electron chi connectivity index (χ0n) is 20.0. The number of hydrazone groups is 1. The highest BCUT2D eigenvalue weighted by molar-refractivity contribution is 7.21. The molecule has 0 saturated heterocycles. The van der Waals surface area contributed by atoms with E-state index in [9.17, 15) is 19.7 Å². The lowest BCUT2D eigenvalue weighted by Crippen LogP contribution is -2.33. The van der Waals surface area contributed by atoms with E-state index in [0.717, 1.165) is 10.1 Å². The number of nitro groups is 1. The maximum Gasteiger partial charge on any atom is 0.355 e. The maximum absolute atomic E-state index is 12.8. The first kappa shape index (κ1) is 26.6. The Kier molecular flexibility index (Phi) is 8.19. The predicted octanol–water partition coefficient (Wildman–Crippen LogP) is 5.61. The highest BCUT2D eigenvalue weighted by Crippen LogP contribution is 2.37. The van der Waals surface area contributed by atoms with Crippen LogP contribution in [0, 0.1) is 10.1 Å². The van der Waals surface area contributed by atoms with Gasteiger partial charge >= 0.3 is 11.7 Å². The monoisotopic (exact) mass is 553 g/mol. The zero-order valence-corrected chi connectivity index (χ0v) is 21.6. The number of esters is 1. The van der Waals surface area contributed by atoms with Crippen LogP contribution >= 0.6 is 22.9 Å². The van der Waals surface area contributed by atoms with Crippen molar-refractivity contribution in [3.05, 3.63) is 92.3 Å². The van der Waals surface area contributed by atoms with Crippen LogP contribution in [0.1, 0.15) is 22.2 Å². The Labute approximate surface area is 225 Å². The molecule has 0 aliphatic rings. The smallest absolute Gasteiger partial charge is 0.355 e. The fourth-order valence-corrected chi connectivity index (χ4v) is 4.74. The van der Waals surface area contributed by atoms with Crippen LogP contribution < -0.4 is 19.6 Å². The van der Waals surface area contributed by atoms with Gasteiger partial charge in [-0.15, -0.1) is 11.3 Å². The number of nitrogens with one attached hydrogen (secondary N) is 1. The van der Waals surface area contributed by atoms with Crippen molar-refractivity contribution in [2.75, 3.05) is 7.11 Å². The van der Waals surface area contributed by atoms with Crippen LogP contribution in [0.25, 0.3) is 10.1 Å². The lowest BCUT2D eigenvalue weighted by molar-refractivity contribution is -0.386. The summed E-state index contributed by atoms with van der Waals surface area (Å²) >= 11 is 7.61. The topological polar surface area (TPSA) is 129 Å². The molecule has 12 heteroatoms. The molecule has 0 fully saturated rings. The van der Waals surface area contributed by atoms with Gasteiger partial charge in [0.15, 0.2) is 23.4 Å².